The summed E-state index contributed by atoms with van der Waals surface area (Å²) in [6, 6.07) is 18.4. The summed E-state index contributed by atoms with van der Waals surface area (Å²) in [7, 11) is 0. The Balaban J connectivity index is 0.000000215. The van der Waals surface area contributed by atoms with Crippen LogP contribution in [0.15, 0.2) is 54.6 Å². The first-order valence-electron chi connectivity index (χ1n) is 4.30. The van der Waals surface area contributed by atoms with E-state index in [0.29, 0.717) is 0 Å². The molecule has 0 amide bonds. The Hall–Kier alpha value is -0.677. The van der Waals surface area contributed by atoms with Crippen LogP contribution in [-0.2, 0) is 25.9 Å². The average Bonchev–Trinajstić information content (AvgIpc) is 2.81. The third-order valence-electron chi connectivity index (χ3n) is 1.70. The first kappa shape index (κ1) is 12.3. The van der Waals surface area contributed by atoms with E-state index in [1.54, 1.807) is 0 Å². The van der Waals surface area contributed by atoms with Crippen LogP contribution in [0.2, 0.25) is 0 Å². The Bertz CT molecular complexity index is 236. The second-order valence-corrected chi connectivity index (χ2v) is 2.61. The molecule has 0 aliphatic rings. The summed E-state index contributed by atoms with van der Waals surface area (Å²) in [6.07, 6.45) is 1.16. The molecule has 2 rings (SSSR count). The quantitative estimate of drug-likeness (QED) is 0.544. The van der Waals surface area contributed by atoms with Crippen LogP contribution < -0.4 is 0 Å². The minimum atomic E-state index is 0. The van der Waals surface area contributed by atoms with Gasteiger partial charge in [-0.1, -0.05) is 13.3 Å². The largest absolute Gasteiger partial charge is 0.748 e. The molecule has 0 nitrogen and oxygen atoms in total. The molecule has 0 aliphatic carbocycles. The van der Waals surface area contributed by atoms with Crippen molar-refractivity contribution in [2.75, 3.05) is 0 Å². The van der Waals surface area contributed by atoms with Crippen LogP contribution >= 0.6 is 0 Å². The van der Waals surface area contributed by atoms with E-state index in [2.05, 4.69) is 31.2 Å². The van der Waals surface area contributed by atoms with Crippen molar-refractivity contribution in [1.82, 2.24) is 0 Å². The van der Waals surface area contributed by atoms with Crippen LogP contribution in [0.3, 0.4) is 0 Å². The van der Waals surface area contributed by atoms with E-state index in [-0.39, 0.29) is 19.5 Å². The van der Waals surface area contributed by atoms with Gasteiger partial charge in [-0.2, -0.15) is 17.7 Å². The number of hydrogen-bond donors (Lipinski definition) is 0. The van der Waals surface area contributed by atoms with Crippen LogP contribution in [-0.4, -0.2) is 0 Å². The standard InChI is InChI=1S/C7H9.C5H5.Ru/c1-2-7-5-3-4-6-7;1-2-4-5-3-1;/h3-6H,2H2,1H3;1-5H;/q-1;-5;. The van der Waals surface area contributed by atoms with Gasteiger partial charge in [0.1, 0.15) is 0 Å². The van der Waals surface area contributed by atoms with E-state index >= 15 is 0 Å². The zero-order valence-corrected chi connectivity index (χ0v) is 9.49. The van der Waals surface area contributed by atoms with Gasteiger partial charge in [-0.15, -0.1) is 0 Å². The molecule has 0 aliphatic heterocycles. The van der Waals surface area contributed by atoms with Crippen molar-refractivity contribution in [3.05, 3.63) is 60.2 Å². The van der Waals surface area contributed by atoms with Gasteiger partial charge < -0.3 is 30.3 Å². The van der Waals surface area contributed by atoms with Crippen molar-refractivity contribution >= 4 is 0 Å². The van der Waals surface area contributed by atoms with Crippen molar-refractivity contribution < 1.29 is 19.5 Å². The van der Waals surface area contributed by atoms with Gasteiger partial charge in [0, 0.05) is 19.5 Å². The molecule has 0 saturated heterocycles. The second-order valence-electron chi connectivity index (χ2n) is 2.61. The molecule has 0 aromatic heterocycles. The number of hydrogen-bond acceptors (Lipinski definition) is 0. The maximum absolute atomic E-state index is 2.16. The van der Waals surface area contributed by atoms with Crippen LogP contribution in [0.5, 0.6) is 0 Å². The molecule has 2 aromatic rings. The predicted molar refractivity (Wildman–Crippen MR) is 53.4 cm³/mol. The van der Waals surface area contributed by atoms with Gasteiger partial charge in [0.15, 0.2) is 0 Å². The van der Waals surface area contributed by atoms with E-state index in [9.17, 15) is 0 Å². The van der Waals surface area contributed by atoms with Gasteiger partial charge in [-0.25, -0.2) is 12.1 Å². The Kier molecular flexibility index (Phi) is 7.53. The topological polar surface area (TPSA) is 0 Å². The fraction of sp³-hybridized carbons (Fsp3) is 0.167. The van der Waals surface area contributed by atoms with E-state index < -0.39 is 0 Å². The summed E-state index contributed by atoms with van der Waals surface area (Å²) in [5.41, 5.74) is 1.43. The summed E-state index contributed by atoms with van der Waals surface area (Å²) < 4.78 is 0. The molecule has 0 radical (unpaired) electrons. The fourth-order valence-electron chi connectivity index (χ4n) is 0.970. The van der Waals surface area contributed by atoms with Crippen molar-refractivity contribution in [1.29, 1.82) is 0 Å². The van der Waals surface area contributed by atoms with Crippen molar-refractivity contribution in [3.8, 4) is 0 Å². The minimum absolute atomic E-state index is 0. The van der Waals surface area contributed by atoms with Crippen LogP contribution in [0, 0.1) is 0 Å². The maximum atomic E-state index is 2.16. The van der Waals surface area contributed by atoms with Gasteiger partial charge in [-0.05, 0) is 0 Å². The van der Waals surface area contributed by atoms with Gasteiger partial charge in [0.05, 0.1) is 0 Å². The smallest absolute Gasteiger partial charge is 0 e. The molecule has 0 heterocycles. The molecule has 2 aromatic carbocycles. The van der Waals surface area contributed by atoms with E-state index in [1.165, 1.54) is 5.56 Å². The summed E-state index contributed by atoms with van der Waals surface area (Å²) in [4.78, 5) is 0. The summed E-state index contributed by atoms with van der Waals surface area (Å²) in [5, 5.41) is 0. The normalized spacial score (nSPS) is 8.08. The number of rotatable bonds is 1. The monoisotopic (exact) mass is 260 g/mol. The average molecular weight is 259 g/mol. The molecule has 0 saturated carbocycles. The third-order valence-corrected chi connectivity index (χ3v) is 1.70. The Morgan fingerprint density at radius 2 is 1.31 bits per heavy atom. The fourth-order valence-corrected chi connectivity index (χ4v) is 0.970. The zero-order chi connectivity index (χ0) is 8.65. The molecule has 13 heavy (non-hydrogen) atoms. The molecule has 0 N–H and O–H groups in total. The maximum Gasteiger partial charge on any atom is 0 e. The SMILES string of the molecule is CC[c-]1cccc1.[Ru].[cH-]1[cH-][cH-][cH-][cH-]1. The summed E-state index contributed by atoms with van der Waals surface area (Å²) in [5.74, 6) is 0. The number of aryl methyl sites for hydroxylation is 1. The van der Waals surface area contributed by atoms with Crippen molar-refractivity contribution in [2.45, 2.75) is 13.3 Å². The summed E-state index contributed by atoms with van der Waals surface area (Å²) >= 11 is 0. The molecular formula is C12H14Ru-6. The molecular weight excluding hydrogens is 245 g/mol. The third kappa shape index (κ3) is 5.54. The molecule has 0 atom stereocenters. The van der Waals surface area contributed by atoms with E-state index in [0.717, 1.165) is 6.42 Å². The van der Waals surface area contributed by atoms with Crippen LogP contribution in [0.4, 0.5) is 0 Å². The Morgan fingerprint density at radius 3 is 1.54 bits per heavy atom. The van der Waals surface area contributed by atoms with E-state index in [1.807, 2.05) is 30.3 Å². The molecule has 0 unspecified atom stereocenters. The first-order valence-corrected chi connectivity index (χ1v) is 4.30. The first-order chi connectivity index (χ1) is 5.93. The van der Waals surface area contributed by atoms with E-state index in [4.69, 9.17) is 0 Å². The molecule has 76 valence electrons. The zero-order valence-electron chi connectivity index (χ0n) is 7.76. The van der Waals surface area contributed by atoms with Crippen molar-refractivity contribution in [3.63, 3.8) is 0 Å². The predicted octanol–water partition coefficient (Wildman–Crippen LogP) is 3.37. The second kappa shape index (κ2) is 7.95. The van der Waals surface area contributed by atoms with Crippen LogP contribution in [0.1, 0.15) is 12.5 Å². The molecule has 1 heteroatoms. The van der Waals surface area contributed by atoms with Crippen LogP contribution in [0.25, 0.3) is 0 Å². The van der Waals surface area contributed by atoms with Gasteiger partial charge in [0.2, 0.25) is 0 Å². The Morgan fingerprint density at radius 1 is 0.923 bits per heavy atom. The Labute approximate surface area is 93.1 Å². The molecule has 0 bridgehead atoms. The van der Waals surface area contributed by atoms with Crippen molar-refractivity contribution in [2.24, 2.45) is 0 Å². The molecule has 0 spiro atoms. The molecule has 0 fully saturated rings. The van der Waals surface area contributed by atoms with Gasteiger partial charge in [-0.3, -0.25) is 0 Å². The van der Waals surface area contributed by atoms with Gasteiger partial charge in [0.25, 0.3) is 0 Å². The summed E-state index contributed by atoms with van der Waals surface area (Å²) in [6.45, 7) is 2.16. The van der Waals surface area contributed by atoms with Gasteiger partial charge >= 0.3 is 0 Å². The minimum Gasteiger partial charge on any atom is -0.748 e.